The molecule has 0 radical (unpaired) electrons. The minimum atomic E-state index is -0.0443. The number of hydrogen-bond acceptors (Lipinski definition) is 5. The van der Waals surface area contributed by atoms with Gasteiger partial charge in [0.2, 0.25) is 5.88 Å². The van der Waals surface area contributed by atoms with E-state index in [1.165, 1.54) is 5.57 Å². The Kier molecular flexibility index (Phi) is 6.98. The number of phenols is 1. The molecule has 1 aliphatic carbocycles. The summed E-state index contributed by atoms with van der Waals surface area (Å²) in [6.07, 6.45) is 10.9. The topological polar surface area (TPSA) is 63.6 Å². The van der Waals surface area contributed by atoms with Gasteiger partial charge in [0.05, 0.1) is 0 Å². The maximum absolute atomic E-state index is 9.81. The molecule has 6 heteroatoms. The smallest absolute Gasteiger partial charge is 0.213 e. The number of aromatic hydroxyl groups is 1. The lowest BCUT2D eigenvalue weighted by molar-refractivity contribution is 0.182. The summed E-state index contributed by atoms with van der Waals surface area (Å²) in [5.74, 6) is 0.945. The molecule has 0 saturated carbocycles. The first kappa shape index (κ1) is 22.2. The third-order valence-corrected chi connectivity index (χ3v) is 5.79. The Morgan fingerprint density at radius 2 is 1.94 bits per heavy atom. The molecule has 0 saturated heterocycles. The minimum Gasteiger partial charge on any atom is -0.508 e. The molecule has 2 N–H and O–H groups in total. The van der Waals surface area contributed by atoms with Gasteiger partial charge >= 0.3 is 0 Å². The van der Waals surface area contributed by atoms with Gasteiger partial charge in [-0.05, 0) is 77.7 Å². The van der Waals surface area contributed by atoms with Crippen LogP contribution in [0.5, 0.6) is 11.6 Å². The molecular formula is C26H27ClN2O3. The Bertz CT molecular complexity index is 1070. The van der Waals surface area contributed by atoms with E-state index in [9.17, 15) is 5.11 Å². The highest BCUT2D eigenvalue weighted by atomic mass is 35.5. The predicted molar refractivity (Wildman–Crippen MR) is 128 cm³/mol. The summed E-state index contributed by atoms with van der Waals surface area (Å²) in [7, 11) is 1.89. The SMILES string of the molecule is CCC(C1=CC2C=C(Cl)OC2C=C1)=C(c1ccc(O)cc1)c1ccc(OCCNC)nc1. The molecule has 2 unspecified atom stereocenters. The van der Waals surface area contributed by atoms with E-state index in [4.69, 9.17) is 21.1 Å². The van der Waals surface area contributed by atoms with Crippen LogP contribution in [0.4, 0.5) is 0 Å². The number of nitrogens with one attached hydrogen (secondary N) is 1. The molecule has 1 aliphatic heterocycles. The number of benzene rings is 1. The zero-order valence-electron chi connectivity index (χ0n) is 18.2. The lowest BCUT2D eigenvalue weighted by Gasteiger charge is -2.22. The Morgan fingerprint density at radius 3 is 2.62 bits per heavy atom. The largest absolute Gasteiger partial charge is 0.508 e. The summed E-state index contributed by atoms with van der Waals surface area (Å²) in [4.78, 5) is 4.52. The van der Waals surface area contributed by atoms with Gasteiger partial charge in [0, 0.05) is 30.3 Å². The summed E-state index contributed by atoms with van der Waals surface area (Å²) in [5, 5.41) is 13.3. The molecule has 32 heavy (non-hydrogen) atoms. The van der Waals surface area contributed by atoms with E-state index in [0.29, 0.717) is 17.7 Å². The van der Waals surface area contributed by atoms with Crippen molar-refractivity contribution in [2.45, 2.75) is 19.4 Å². The molecule has 2 heterocycles. The second-order valence-corrected chi connectivity index (χ2v) is 8.08. The molecule has 0 fully saturated rings. The maximum atomic E-state index is 9.81. The van der Waals surface area contributed by atoms with Gasteiger partial charge in [-0.15, -0.1) is 0 Å². The molecule has 166 valence electrons. The molecule has 2 aromatic rings. The lowest BCUT2D eigenvalue weighted by Crippen LogP contribution is -2.16. The predicted octanol–water partition coefficient (Wildman–Crippen LogP) is 5.19. The highest BCUT2D eigenvalue weighted by Gasteiger charge is 2.28. The Morgan fingerprint density at radius 1 is 1.16 bits per heavy atom. The maximum Gasteiger partial charge on any atom is 0.213 e. The summed E-state index contributed by atoms with van der Waals surface area (Å²) in [6.45, 7) is 3.46. The molecule has 0 amide bonds. The van der Waals surface area contributed by atoms with Crippen LogP contribution in [0, 0.1) is 5.92 Å². The van der Waals surface area contributed by atoms with Crippen LogP contribution in [0.1, 0.15) is 24.5 Å². The van der Waals surface area contributed by atoms with Crippen molar-refractivity contribution in [2.24, 2.45) is 5.92 Å². The van der Waals surface area contributed by atoms with Crippen LogP contribution in [0.2, 0.25) is 0 Å². The number of phenolic OH excluding ortho intramolecular Hbond substituents is 1. The van der Waals surface area contributed by atoms with Crippen molar-refractivity contribution >= 4 is 17.2 Å². The van der Waals surface area contributed by atoms with E-state index in [1.54, 1.807) is 12.1 Å². The second-order valence-electron chi connectivity index (χ2n) is 7.70. The molecule has 1 aromatic heterocycles. The first-order chi connectivity index (χ1) is 15.6. The Hall–Kier alpha value is -3.02. The van der Waals surface area contributed by atoms with E-state index in [2.05, 4.69) is 35.5 Å². The van der Waals surface area contributed by atoms with Crippen molar-refractivity contribution in [3.8, 4) is 11.6 Å². The molecular weight excluding hydrogens is 424 g/mol. The van der Waals surface area contributed by atoms with Gasteiger partial charge in [-0.1, -0.05) is 31.2 Å². The van der Waals surface area contributed by atoms with Gasteiger partial charge in [-0.2, -0.15) is 0 Å². The van der Waals surface area contributed by atoms with Crippen LogP contribution in [0.3, 0.4) is 0 Å². The standard InChI is InChI=1S/C26H27ClN2O3/c1-3-22(18-6-10-23-20(14-18)15-24(27)32-23)26(17-4-8-21(30)9-5-17)19-7-11-25(29-16-19)31-13-12-28-2/h4-11,14-16,20,23,28,30H,3,12-13H2,1-2H3. The van der Waals surface area contributed by atoms with Crippen LogP contribution in [0.25, 0.3) is 5.57 Å². The van der Waals surface area contributed by atoms with Gasteiger partial charge in [-0.3, -0.25) is 0 Å². The number of rotatable bonds is 8. The van der Waals surface area contributed by atoms with Gasteiger partial charge in [-0.25, -0.2) is 4.98 Å². The number of pyridine rings is 1. The van der Waals surface area contributed by atoms with E-state index in [1.807, 2.05) is 43.6 Å². The van der Waals surface area contributed by atoms with Gasteiger partial charge in [0.15, 0.2) is 5.22 Å². The molecule has 2 aliphatic rings. The number of nitrogens with zero attached hydrogens (tertiary/aromatic N) is 1. The third-order valence-electron chi connectivity index (χ3n) is 5.58. The number of ether oxygens (including phenoxy) is 2. The molecule has 4 rings (SSSR count). The van der Waals surface area contributed by atoms with E-state index >= 15 is 0 Å². The van der Waals surface area contributed by atoms with Crippen molar-refractivity contribution in [2.75, 3.05) is 20.2 Å². The van der Waals surface area contributed by atoms with Gasteiger partial charge in [0.1, 0.15) is 18.5 Å². The number of halogens is 1. The second kappa shape index (κ2) is 10.1. The monoisotopic (exact) mass is 450 g/mol. The average Bonchev–Trinajstić information content (AvgIpc) is 3.18. The number of fused-ring (bicyclic) bond motifs is 1. The first-order valence-corrected chi connectivity index (χ1v) is 11.2. The number of hydrogen-bond donors (Lipinski definition) is 2. The quantitative estimate of drug-likeness (QED) is 0.542. The molecule has 0 bridgehead atoms. The number of allylic oxidation sites excluding steroid dienone is 3. The van der Waals surface area contributed by atoms with E-state index < -0.39 is 0 Å². The Labute approximate surface area is 193 Å². The summed E-state index contributed by atoms with van der Waals surface area (Å²) >= 11 is 6.09. The highest BCUT2D eigenvalue weighted by Crippen LogP contribution is 2.38. The first-order valence-electron chi connectivity index (χ1n) is 10.8. The van der Waals surface area contributed by atoms with Crippen molar-refractivity contribution in [1.29, 1.82) is 0 Å². The van der Waals surface area contributed by atoms with Crippen molar-refractivity contribution < 1.29 is 14.6 Å². The fourth-order valence-electron chi connectivity index (χ4n) is 4.01. The summed E-state index contributed by atoms with van der Waals surface area (Å²) in [6, 6.07) is 11.2. The number of likely N-dealkylation sites (N-methyl/N-ethyl adjacent to an activating group) is 1. The Balaban J connectivity index is 1.76. The molecule has 2 atom stereocenters. The summed E-state index contributed by atoms with van der Waals surface area (Å²) < 4.78 is 11.3. The normalized spacial score (nSPS) is 20.1. The third kappa shape index (κ3) is 4.90. The molecule has 0 spiro atoms. The average molecular weight is 451 g/mol. The fourth-order valence-corrected chi connectivity index (χ4v) is 4.26. The lowest BCUT2D eigenvalue weighted by atomic mass is 9.84. The highest BCUT2D eigenvalue weighted by molar-refractivity contribution is 6.28. The van der Waals surface area contributed by atoms with Crippen LogP contribution in [0.15, 0.2) is 83.3 Å². The number of aromatic nitrogens is 1. The van der Waals surface area contributed by atoms with Crippen LogP contribution < -0.4 is 10.1 Å². The van der Waals surface area contributed by atoms with Gasteiger partial charge in [0.25, 0.3) is 0 Å². The zero-order chi connectivity index (χ0) is 22.5. The van der Waals surface area contributed by atoms with Gasteiger partial charge < -0.3 is 19.9 Å². The van der Waals surface area contributed by atoms with E-state index in [-0.39, 0.29) is 17.8 Å². The zero-order valence-corrected chi connectivity index (χ0v) is 19.0. The van der Waals surface area contributed by atoms with Crippen LogP contribution in [-0.4, -0.2) is 36.4 Å². The minimum absolute atomic E-state index is 0.0443. The summed E-state index contributed by atoms with van der Waals surface area (Å²) in [5.41, 5.74) is 5.40. The fraction of sp³-hybridized carbons (Fsp3) is 0.269. The van der Waals surface area contributed by atoms with E-state index in [0.717, 1.165) is 35.2 Å². The molecule has 1 aromatic carbocycles. The van der Waals surface area contributed by atoms with Crippen LogP contribution in [-0.2, 0) is 4.74 Å². The van der Waals surface area contributed by atoms with Crippen molar-refractivity contribution in [1.82, 2.24) is 10.3 Å². The van der Waals surface area contributed by atoms with Crippen molar-refractivity contribution in [3.63, 3.8) is 0 Å². The van der Waals surface area contributed by atoms with Crippen molar-refractivity contribution in [3.05, 3.63) is 94.4 Å². The van der Waals surface area contributed by atoms with Crippen LogP contribution >= 0.6 is 11.6 Å². The molecule has 5 nitrogen and oxygen atoms in total.